The Morgan fingerprint density at radius 2 is 1.60 bits per heavy atom. The quantitative estimate of drug-likeness (QED) is 0.300. The van der Waals surface area contributed by atoms with Crippen LogP contribution in [0.1, 0.15) is 0 Å². The molecule has 58 valence electrons. The molecule has 0 radical (unpaired) electrons. The Bertz CT molecular complexity index is 110. The number of ether oxygens (including phenoxy) is 2. The summed E-state index contributed by atoms with van der Waals surface area (Å²) in [5.74, 6) is 0. The Hall–Kier alpha value is 0.300. The molecule has 6 heteroatoms. The molecule has 1 unspecified atom stereocenters. The van der Waals surface area contributed by atoms with Crippen LogP contribution >= 0.6 is 11.6 Å². The lowest BCUT2D eigenvalue weighted by molar-refractivity contribution is -0.191. The van der Waals surface area contributed by atoms with E-state index in [0.717, 1.165) is 0 Å². The number of alkyl halides is 1. The molecule has 0 aliphatic carbocycles. The summed E-state index contributed by atoms with van der Waals surface area (Å²) in [5.41, 5.74) is -1.16. The molecule has 0 aromatic carbocycles. The first-order valence-corrected chi connectivity index (χ1v) is 3.27. The van der Waals surface area contributed by atoms with Gasteiger partial charge in [0.15, 0.2) is 21.4 Å². The van der Waals surface area contributed by atoms with Gasteiger partial charge in [-0.2, -0.15) is 0 Å². The number of hydrogen-bond donors (Lipinski definition) is 1. The fraction of sp³-hybridized carbons (Fsp3) is 1.00. The van der Waals surface area contributed by atoms with E-state index in [4.69, 9.17) is 21.1 Å². The van der Waals surface area contributed by atoms with Gasteiger partial charge in [-0.05, 0) is 0 Å². The lowest BCUT2D eigenvalue weighted by Crippen LogP contribution is -2.54. The van der Waals surface area contributed by atoms with E-state index in [1.165, 1.54) is 22.1 Å². The van der Waals surface area contributed by atoms with Gasteiger partial charge in [0.2, 0.25) is 0 Å². The molecule has 0 amide bonds. The number of rotatable bonds is 3. The molecule has 0 aromatic heterocycles. The normalized spacial score (nSPS) is 18.4. The molecular weight excluding hydrogens is 153 g/mol. The van der Waals surface area contributed by atoms with Gasteiger partial charge in [-0.15, -0.1) is 0 Å². The molecular formula is C4H11B2ClO3. The van der Waals surface area contributed by atoms with Gasteiger partial charge < -0.3 is 14.6 Å². The number of aliphatic hydroxyl groups is 1. The average Bonchev–Trinajstić information content (AvgIpc) is 1.84. The third kappa shape index (κ3) is 1.89. The van der Waals surface area contributed by atoms with Crippen LogP contribution < -0.4 is 0 Å². The highest BCUT2D eigenvalue weighted by atomic mass is 35.5. The highest BCUT2D eigenvalue weighted by Crippen LogP contribution is 2.24. The third-order valence-corrected chi connectivity index (χ3v) is 1.95. The Balaban J connectivity index is 4.33. The average molecular weight is 164 g/mol. The molecule has 1 N–H and O–H groups in total. The molecule has 3 nitrogen and oxygen atoms in total. The highest BCUT2D eigenvalue weighted by molar-refractivity contribution is 6.47. The van der Waals surface area contributed by atoms with Gasteiger partial charge in [0.25, 0.3) is 0 Å². The van der Waals surface area contributed by atoms with Gasteiger partial charge in [-0.3, -0.25) is 0 Å². The van der Waals surface area contributed by atoms with Crippen LogP contribution in [0.4, 0.5) is 0 Å². The largest absolute Gasteiger partial charge is 0.379 e. The molecule has 0 bridgehead atoms. The smallest absolute Gasteiger partial charge is 0.183 e. The van der Waals surface area contributed by atoms with Gasteiger partial charge in [0, 0.05) is 14.2 Å². The predicted octanol–water partition coefficient (Wildman–Crippen LogP) is -1.92. The summed E-state index contributed by atoms with van der Waals surface area (Å²) in [6, 6.07) is 0. The minimum absolute atomic E-state index is 1.16. The molecule has 0 heterocycles. The minimum atomic E-state index is -1.52. The van der Waals surface area contributed by atoms with Crippen LogP contribution in [0, 0.1) is 0 Å². The van der Waals surface area contributed by atoms with E-state index in [9.17, 15) is 5.11 Å². The fourth-order valence-electron chi connectivity index (χ4n) is 0.456. The first-order valence-electron chi connectivity index (χ1n) is 2.89. The number of hydrogen-bond acceptors (Lipinski definition) is 3. The number of halogens is 1. The maximum absolute atomic E-state index is 9.25. The second kappa shape index (κ2) is 3.13. The standard InChI is InChI=1S/C4H11B2ClO3/c1-9-4(6,10-2)3(5,7)8/h8H,5-6H2,1-2H3. The molecule has 0 aromatic rings. The summed E-state index contributed by atoms with van der Waals surface area (Å²) >= 11 is 5.55. The molecule has 0 saturated carbocycles. The van der Waals surface area contributed by atoms with Gasteiger partial charge in [0.1, 0.15) is 4.96 Å². The Labute approximate surface area is 67.5 Å². The molecule has 0 spiro atoms. The maximum atomic E-state index is 9.25. The zero-order valence-corrected chi connectivity index (χ0v) is 7.40. The fourth-order valence-corrected chi connectivity index (χ4v) is 0.610. The third-order valence-electron chi connectivity index (χ3n) is 1.61. The molecule has 0 rings (SSSR count). The van der Waals surface area contributed by atoms with Crippen LogP contribution in [0.3, 0.4) is 0 Å². The van der Waals surface area contributed by atoms with Crippen molar-refractivity contribution in [3.63, 3.8) is 0 Å². The second-order valence-corrected chi connectivity index (χ2v) is 3.04. The van der Waals surface area contributed by atoms with E-state index in [0.29, 0.717) is 0 Å². The zero-order chi connectivity index (χ0) is 8.41. The topological polar surface area (TPSA) is 38.7 Å². The molecule has 0 aliphatic heterocycles. The van der Waals surface area contributed by atoms with Crippen molar-refractivity contribution < 1.29 is 14.6 Å². The summed E-state index contributed by atoms with van der Waals surface area (Å²) in [5, 5.41) is 9.25. The SMILES string of the molecule is BC(O)(Cl)C(B)(OC)OC. The Morgan fingerprint density at radius 3 is 1.60 bits per heavy atom. The molecule has 0 aliphatic rings. The minimum Gasteiger partial charge on any atom is -0.379 e. The van der Waals surface area contributed by atoms with E-state index in [1.807, 2.05) is 0 Å². The van der Waals surface area contributed by atoms with Crippen molar-refractivity contribution >= 4 is 27.3 Å². The van der Waals surface area contributed by atoms with Crippen molar-refractivity contribution in [2.75, 3.05) is 14.2 Å². The molecule has 1 atom stereocenters. The molecule has 10 heavy (non-hydrogen) atoms. The highest BCUT2D eigenvalue weighted by Gasteiger charge is 2.41. The predicted molar refractivity (Wildman–Crippen MR) is 44.6 cm³/mol. The van der Waals surface area contributed by atoms with Gasteiger partial charge >= 0.3 is 0 Å². The Morgan fingerprint density at radius 1 is 1.30 bits per heavy atom. The van der Waals surface area contributed by atoms with E-state index in [2.05, 4.69) is 0 Å². The van der Waals surface area contributed by atoms with Crippen molar-refractivity contribution in [1.29, 1.82) is 0 Å². The van der Waals surface area contributed by atoms with Crippen molar-refractivity contribution in [3.05, 3.63) is 0 Å². The van der Waals surface area contributed by atoms with Crippen molar-refractivity contribution in [2.24, 2.45) is 0 Å². The maximum Gasteiger partial charge on any atom is 0.183 e. The second-order valence-electron chi connectivity index (χ2n) is 2.31. The lowest BCUT2D eigenvalue weighted by Gasteiger charge is -2.36. The van der Waals surface area contributed by atoms with Crippen LogP contribution in [0.15, 0.2) is 0 Å². The first-order chi connectivity index (χ1) is 4.37. The van der Waals surface area contributed by atoms with Crippen LogP contribution in [0.2, 0.25) is 0 Å². The van der Waals surface area contributed by atoms with E-state index >= 15 is 0 Å². The lowest BCUT2D eigenvalue weighted by atomic mass is 9.77. The van der Waals surface area contributed by atoms with E-state index in [1.54, 1.807) is 7.85 Å². The van der Waals surface area contributed by atoms with E-state index in [-0.39, 0.29) is 0 Å². The van der Waals surface area contributed by atoms with E-state index < -0.39 is 10.6 Å². The van der Waals surface area contributed by atoms with Crippen LogP contribution in [-0.4, -0.2) is 45.7 Å². The van der Waals surface area contributed by atoms with Crippen molar-refractivity contribution in [1.82, 2.24) is 0 Å². The summed E-state index contributed by atoms with van der Waals surface area (Å²) in [6.45, 7) is 0. The van der Waals surface area contributed by atoms with Crippen LogP contribution in [0.5, 0.6) is 0 Å². The Kier molecular flexibility index (Phi) is 3.23. The van der Waals surface area contributed by atoms with Crippen molar-refractivity contribution in [3.8, 4) is 0 Å². The van der Waals surface area contributed by atoms with Crippen LogP contribution in [0.25, 0.3) is 0 Å². The number of methoxy groups -OCH3 is 2. The van der Waals surface area contributed by atoms with Crippen molar-refractivity contribution in [2.45, 2.75) is 10.6 Å². The van der Waals surface area contributed by atoms with Gasteiger partial charge in [0.05, 0.1) is 0 Å². The van der Waals surface area contributed by atoms with Gasteiger partial charge in [-0.1, -0.05) is 11.6 Å². The summed E-state index contributed by atoms with van der Waals surface area (Å²) in [7, 11) is 5.79. The monoisotopic (exact) mass is 164 g/mol. The molecule has 0 fully saturated rings. The van der Waals surface area contributed by atoms with Crippen LogP contribution in [-0.2, 0) is 9.47 Å². The zero-order valence-electron chi connectivity index (χ0n) is 6.64. The summed E-state index contributed by atoms with van der Waals surface area (Å²) in [6.07, 6.45) is 0. The summed E-state index contributed by atoms with van der Waals surface area (Å²) in [4.78, 5) is -1.52. The van der Waals surface area contributed by atoms with Gasteiger partial charge in [-0.25, -0.2) is 0 Å². The molecule has 0 saturated heterocycles. The summed E-state index contributed by atoms with van der Waals surface area (Å²) < 4.78 is 9.69. The first kappa shape index (κ1) is 10.3.